The molecule has 3 heterocycles. The molecule has 0 fully saturated rings. The van der Waals surface area contributed by atoms with Crippen molar-refractivity contribution in [2.75, 3.05) is 0 Å². The first kappa shape index (κ1) is 19.4. The Balaban J connectivity index is 1.46. The molecular formula is C21H20FN7O. The fraction of sp³-hybridized carbons (Fsp3) is 0.190. The van der Waals surface area contributed by atoms with E-state index < -0.39 is 0 Å². The van der Waals surface area contributed by atoms with Gasteiger partial charge in [0.25, 0.3) is 5.91 Å². The van der Waals surface area contributed by atoms with Crippen molar-refractivity contribution in [3.63, 3.8) is 0 Å². The zero-order chi connectivity index (χ0) is 21.1. The van der Waals surface area contributed by atoms with E-state index in [1.54, 1.807) is 29.3 Å². The molecule has 0 spiro atoms. The molecule has 30 heavy (non-hydrogen) atoms. The Hall–Kier alpha value is -3.88. The Morgan fingerprint density at radius 2 is 1.93 bits per heavy atom. The second kappa shape index (κ2) is 8.24. The van der Waals surface area contributed by atoms with Crippen LogP contribution in [-0.2, 0) is 6.54 Å². The summed E-state index contributed by atoms with van der Waals surface area (Å²) >= 11 is 0. The predicted octanol–water partition coefficient (Wildman–Crippen LogP) is 2.79. The second-order valence-electron chi connectivity index (χ2n) is 7.03. The lowest BCUT2D eigenvalue weighted by atomic mass is 10.1. The number of benzene rings is 1. The van der Waals surface area contributed by atoms with Crippen molar-refractivity contribution < 1.29 is 9.18 Å². The van der Waals surface area contributed by atoms with E-state index in [0.717, 1.165) is 11.1 Å². The van der Waals surface area contributed by atoms with Gasteiger partial charge in [0, 0.05) is 17.8 Å². The van der Waals surface area contributed by atoms with Gasteiger partial charge in [-0.2, -0.15) is 20.1 Å². The normalized spacial score (nSPS) is 12.0. The lowest BCUT2D eigenvalue weighted by molar-refractivity contribution is 0.0935. The third-order valence-corrected chi connectivity index (χ3v) is 4.53. The Morgan fingerprint density at radius 1 is 1.13 bits per heavy atom. The molecule has 0 saturated heterocycles. The van der Waals surface area contributed by atoms with E-state index in [9.17, 15) is 9.18 Å². The first-order valence-electron chi connectivity index (χ1n) is 9.42. The molecule has 3 aromatic heterocycles. The summed E-state index contributed by atoms with van der Waals surface area (Å²) in [6.45, 7) is 4.29. The van der Waals surface area contributed by atoms with Crippen molar-refractivity contribution in [3.8, 4) is 16.9 Å². The van der Waals surface area contributed by atoms with Gasteiger partial charge in [0.1, 0.15) is 5.82 Å². The van der Waals surface area contributed by atoms with Crippen LogP contribution in [0.1, 0.15) is 22.8 Å². The summed E-state index contributed by atoms with van der Waals surface area (Å²) in [5, 5.41) is 15.6. The first-order valence-corrected chi connectivity index (χ1v) is 9.42. The Labute approximate surface area is 172 Å². The zero-order valence-corrected chi connectivity index (χ0v) is 16.5. The Bertz CT molecular complexity index is 1150. The largest absolute Gasteiger partial charge is 0.348 e. The van der Waals surface area contributed by atoms with Crippen LogP contribution in [0.5, 0.6) is 0 Å². The first-order chi connectivity index (χ1) is 14.5. The third kappa shape index (κ3) is 4.24. The highest BCUT2D eigenvalue weighted by Crippen LogP contribution is 2.17. The molecule has 0 aliphatic carbocycles. The van der Waals surface area contributed by atoms with Gasteiger partial charge in [0.05, 0.1) is 48.3 Å². The maximum absolute atomic E-state index is 13.1. The number of carbonyl (C=O) groups is 1. The van der Waals surface area contributed by atoms with Gasteiger partial charge in [-0.3, -0.25) is 14.5 Å². The van der Waals surface area contributed by atoms with E-state index in [1.807, 2.05) is 38.2 Å². The van der Waals surface area contributed by atoms with Crippen LogP contribution in [0.3, 0.4) is 0 Å². The van der Waals surface area contributed by atoms with Gasteiger partial charge in [-0.1, -0.05) is 11.6 Å². The number of nitrogens with zero attached hydrogens (tertiary/aromatic N) is 6. The molecular weight excluding hydrogens is 385 g/mol. The van der Waals surface area contributed by atoms with Gasteiger partial charge in [0.15, 0.2) is 0 Å². The van der Waals surface area contributed by atoms with Gasteiger partial charge in [-0.25, -0.2) is 4.39 Å². The SMILES string of the molecule is Cc1ccc(-n2nccn2)c(C(=O)N[C@@H](C)Cn2cc(-c3ccc(F)cn3)cn2)c1. The highest BCUT2D eigenvalue weighted by Gasteiger charge is 2.17. The van der Waals surface area contributed by atoms with Crippen LogP contribution in [-0.4, -0.2) is 41.7 Å². The van der Waals surface area contributed by atoms with Crippen LogP contribution in [0.4, 0.5) is 4.39 Å². The summed E-state index contributed by atoms with van der Waals surface area (Å²) in [4.78, 5) is 18.4. The quantitative estimate of drug-likeness (QED) is 0.533. The lowest BCUT2D eigenvalue weighted by Crippen LogP contribution is -2.36. The standard InChI is InChI=1S/C21H20FN7O/c1-14-3-6-20(29-24-7-8-25-29)18(9-14)21(30)27-15(2)12-28-13-16(10-26-28)19-5-4-17(22)11-23-19/h3-11,13,15H,12H2,1-2H3,(H,27,30)/t15-/m0/s1. The highest BCUT2D eigenvalue weighted by molar-refractivity contribution is 5.98. The monoisotopic (exact) mass is 405 g/mol. The van der Waals surface area contributed by atoms with Gasteiger partial charge < -0.3 is 5.32 Å². The lowest BCUT2D eigenvalue weighted by Gasteiger charge is -2.16. The molecule has 0 radical (unpaired) electrons. The van der Waals surface area contributed by atoms with Crippen LogP contribution in [0.25, 0.3) is 16.9 Å². The van der Waals surface area contributed by atoms with Crippen molar-refractivity contribution in [2.45, 2.75) is 26.4 Å². The molecule has 9 heteroatoms. The summed E-state index contributed by atoms with van der Waals surface area (Å²) in [6, 6.07) is 8.32. The van der Waals surface area contributed by atoms with Crippen molar-refractivity contribution in [2.24, 2.45) is 0 Å². The molecule has 0 saturated carbocycles. The number of nitrogens with one attached hydrogen (secondary N) is 1. The van der Waals surface area contributed by atoms with E-state index in [4.69, 9.17) is 0 Å². The van der Waals surface area contributed by atoms with E-state index >= 15 is 0 Å². The van der Waals surface area contributed by atoms with Crippen LogP contribution in [0, 0.1) is 12.7 Å². The Kier molecular flexibility index (Phi) is 5.34. The minimum absolute atomic E-state index is 0.189. The number of hydrogen-bond acceptors (Lipinski definition) is 5. The number of halogens is 1. The number of pyridine rings is 1. The summed E-state index contributed by atoms with van der Waals surface area (Å²) in [5.41, 5.74) is 3.48. The molecule has 1 atom stereocenters. The Morgan fingerprint density at radius 3 is 2.67 bits per heavy atom. The van der Waals surface area contributed by atoms with Crippen molar-refractivity contribution in [3.05, 3.63) is 78.3 Å². The molecule has 4 rings (SSSR count). The number of aryl methyl sites for hydroxylation is 1. The maximum Gasteiger partial charge on any atom is 0.253 e. The number of carbonyl (C=O) groups excluding carboxylic acids is 1. The fourth-order valence-electron chi connectivity index (χ4n) is 3.12. The topological polar surface area (TPSA) is 90.5 Å². The molecule has 152 valence electrons. The summed E-state index contributed by atoms with van der Waals surface area (Å²) in [6.07, 6.45) is 7.78. The van der Waals surface area contributed by atoms with Crippen molar-refractivity contribution >= 4 is 5.91 Å². The van der Waals surface area contributed by atoms with Crippen LogP contribution >= 0.6 is 0 Å². The molecule has 4 aromatic rings. The predicted molar refractivity (Wildman–Crippen MR) is 108 cm³/mol. The number of hydrogen-bond donors (Lipinski definition) is 1. The second-order valence-corrected chi connectivity index (χ2v) is 7.03. The van der Waals surface area contributed by atoms with Crippen LogP contribution < -0.4 is 5.32 Å². The van der Waals surface area contributed by atoms with E-state index in [0.29, 0.717) is 23.5 Å². The van der Waals surface area contributed by atoms with E-state index in [-0.39, 0.29) is 17.8 Å². The number of amides is 1. The molecule has 0 aliphatic rings. The van der Waals surface area contributed by atoms with Crippen molar-refractivity contribution in [1.82, 2.24) is 35.1 Å². The molecule has 1 amide bonds. The highest BCUT2D eigenvalue weighted by atomic mass is 19.1. The van der Waals surface area contributed by atoms with Gasteiger partial charge in [-0.05, 0) is 38.1 Å². The van der Waals surface area contributed by atoms with Gasteiger partial charge in [0.2, 0.25) is 0 Å². The number of aromatic nitrogens is 6. The molecule has 8 nitrogen and oxygen atoms in total. The third-order valence-electron chi connectivity index (χ3n) is 4.53. The minimum Gasteiger partial charge on any atom is -0.348 e. The summed E-state index contributed by atoms with van der Waals surface area (Å²) in [5.74, 6) is -0.602. The molecule has 0 aliphatic heterocycles. The maximum atomic E-state index is 13.1. The smallest absolute Gasteiger partial charge is 0.253 e. The molecule has 1 aromatic carbocycles. The van der Waals surface area contributed by atoms with Crippen molar-refractivity contribution in [1.29, 1.82) is 0 Å². The summed E-state index contributed by atoms with van der Waals surface area (Å²) in [7, 11) is 0. The molecule has 0 bridgehead atoms. The summed E-state index contributed by atoms with van der Waals surface area (Å²) < 4.78 is 14.8. The van der Waals surface area contributed by atoms with Crippen LogP contribution in [0.15, 0.2) is 61.3 Å². The average molecular weight is 405 g/mol. The average Bonchev–Trinajstić information content (AvgIpc) is 3.41. The zero-order valence-electron chi connectivity index (χ0n) is 16.5. The van der Waals surface area contributed by atoms with E-state index in [2.05, 4.69) is 25.6 Å². The van der Waals surface area contributed by atoms with Crippen LogP contribution in [0.2, 0.25) is 0 Å². The van der Waals surface area contributed by atoms with Gasteiger partial charge >= 0.3 is 0 Å². The van der Waals surface area contributed by atoms with E-state index in [1.165, 1.54) is 17.1 Å². The number of rotatable bonds is 6. The molecule has 0 unspecified atom stereocenters. The molecule has 1 N–H and O–H groups in total. The van der Waals surface area contributed by atoms with Gasteiger partial charge in [-0.15, -0.1) is 0 Å². The fourth-order valence-corrected chi connectivity index (χ4v) is 3.12. The minimum atomic E-state index is -0.386.